The van der Waals surface area contributed by atoms with E-state index in [1.165, 1.54) is 18.4 Å². The van der Waals surface area contributed by atoms with Crippen LogP contribution in [0, 0.1) is 16.7 Å². The molecule has 4 rings (SSSR count). The SMILES string of the molecule is CC1(C)[C@@H]2CC[C@@]1(C)[C@]1(C2)C(=O)Nc2ccccc21. The van der Waals surface area contributed by atoms with Gasteiger partial charge in [-0.3, -0.25) is 4.79 Å². The van der Waals surface area contributed by atoms with Crippen molar-refractivity contribution in [3.8, 4) is 0 Å². The Morgan fingerprint density at radius 2 is 1.95 bits per heavy atom. The number of amides is 1. The number of rotatable bonds is 0. The molecule has 1 aromatic carbocycles. The van der Waals surface area contributed by atoms with Crippen molar-refractivity contribution < 1.29 is 4.79 Å². The van der Waals surface area contributed by atoms with E-state index < -0.39 is 0 Å². The Kier molecular flexibility index (Phi) is 1.85. The zero-order chi connectivity index (χ0) is 13.5. The maximum absolute atomic E-state index is 12.8. The van der Waals surface area contributed by atoms with E-state index in [2.05, 4.69) is 38.2 Å². The topological polar surface area (TPSA) is 29.1 Å². The zero-order valence-electron chi connectivity index (χ0n) is 11.9. The highest BCUT2D eigenvalue weighted by Crippen LogP contribution is 2.75. The van der Waals surface area contributed by atoms with Gasteiger partial charge in [0.05, 0.1) is 5.41 Å². The quantitative estimate of drug-likeness (QED) is 0.752. The third-order valence-corrected chi connectivity index (χ3v) is 6.95. The second kappa shape index (κ2) is 3.05. The third kappa shape index (κ3) is 0.978. The van der Waals surface area contributed by atoms with Crippen LogP contribution in [0.3, 0.4) is 0 Å². The second-order valence-corrected chi connectivity index (χ2v) is 7.40. The van der Waals surface area contributed by atoms with Crippen molar-refractivity contribution in [2.75, 3.05) is 5.32 Å². The number of carbonyl (C=O) groups excluding carboxylic acids is 1. The Morgan fingerprint density at radius 3 is 2.58 bits per heavy atom. The van der Waals surface area contributed by atoms with Crippen LogP contribution in [0.2, 0.25) is 0 Å². The molecule has 0 unspecified atom stereocenters. The van der Waals surface area contributed by atoms with Crippen molar-refractivity contribution in [2.24, 2.45) is 16.7 Å². The van der Waals surface area contributed by atoms with Crippen LogP contribution in [0.15, 0.2) is 24.3 Å². The molecule has 1 aromatic rings. The molecule has 1 N–H and O–H groups in total. The minimum Gasteiger partial charge on any atom is -0.325 e. The van der Waals surface area contributed by atoms with E-state index >= 15 is 0 Å². The summed E-state index contributed by atoms with van der Waals surface area (Å²) in [5.41, 5.74) is 2.34. The molecule has 1 heterocycles. The lowest BCUT2D eigenvalue weighted by Crippen LogP contribution is -2.49. The van der Waals surface area contributed by atoms with Gasteiger partial charge < -0.3 is 5.32 Å². The Labute approximate surface area is 114 Å². The van der Waals surface area contributed by atoms with E-state index in [1.54, 1.807) is 0 Å². The summed E-state index contributed by atoms with van der Waals surface area (Å²) in [6.07, 6.45) is 3.48. The average molecular weight is 255 g/mol. The molecule has 1 aliphatic heterocycles. The van der Waals surface area contributed by atoms with Gasteiger partial charge in [0.25, 0.3) is 0 Å². The maximum atomic E-state index is 12.8. The Hall–Kier alpha value is -1.31. The molecule has 19 heavy (non-hydrogen) atoms. The first-order chi connectivity index (χ1) is 8.93. The lowest BCUT2D eigenvalue weighted by Gasteiger charge is -2.45. The van der Waals surface area contributed by atoms with Gasteiger partial charge in [-0.2, -0.15) is 0 Å². The van der Waals surface area contributed by atoms with Gasteiger partial charge in [0.2, 0.25) is 5.91 Å². The number of para-hydroxylation sites is 1. The van der Waals surface area contributed by atoms with Gasteiger partial charge in [-0.15, -0.1) is 0 Å². The molecule has 0 saturated heterocycles. The Morgan fingerprint density at radius 1 is 1.21 bits per heavy atom. The first-order valence-corrected chi connectivity index (χ1v) is 7.34. The van der Waals surface area contributed by atoms with Crippen LogP contribution in [-0.4, -0.2) is 5.91 Å². The molecule has 2 nitrogen and oxygen atoms in total. The number of hydrogen-bond donors (Lipinski definition) is 1. The van der Waals surface area contributed by atoms with Crippen LogP contribution in [0.5, 0.6) is 0 Å². The van der Waals surface area contributed by atoms with Crippen LogP contribution in [0.25, 0.3) is 0 Å². The van der Waals surface area contributed by atoms with E-state index in [1.807, 2.05) is 12.1 Å². The molecule has 3 aliphatic rings. The number of nitrogens with one attached hydrogen (secondary N) is 1. The lowest BCUT2D eigenvalue weighted by molar-refractivity contribution is -0.126. The summed E-state index contributed by atoms with van der Waals surface area (Å²) >= 11 is 0. The van der Waals surface area contributed by atoms with E-state index in [0.29, 0.717) is 5.92 Å². The molecule has 2 aliphatic carbocycles. The number of anilines is 1. The highest BCUT2D eigenvalue weighted by atomic mass is 16.2. The summed E-state index contributed by atoms with van der Waals surface area (Å²) in [5, 5.41) is 3.14. The maximum Gasteiger partial charge on any atom is 0.235 e. The van der Waals surface area contributed by atoms with Gasteiger partial charge >= 0.3 is 0 Å². The standard InChI is InChI=1S/C17H21NO/c1-15(2)11-8-9-16(15,3)17(10-11)12-6-4-5-7-13(12)18-14(17)19/h4-7,11H,8-10H2,1-3H3,(H,18,19)/t11-,16-,17+/m1/s1. The van der Waals surface area contributed by atoms with Gasteiger partial charge in [0.1, 0.15) is 0 Å². The molecule has 2 saturated carbocycles. The van der Waals surface area contributed by atoms with Crippen molar-refractivity contribution in [3.63, 3.8) is 0 Å². The fourth-order valence-corrected chi connectivity index (χ4v) is 5.38. The first kappa shape index (κ1) is 11.5. The monoisotopic (exact) mass is 255 g/mol. The Balaban J connectivity index is 2.00. The lowest BCUT2D eigenvalue weighted by atomic mass is 9.56. The molecule has 0 radical (unpaired) electrons. The fraction of sp³-hybridized carbons (Fsp3) is 0.588. The summed E-state index contributed by atoms with van der Waals surface area (Å²) in [4.78, 5) is 12.8. The van der Waals surface area contributed by atoms with Crippen LogP contribution in [-0.2, 0) is 10.2 Å². The van der Waals surface area contributed by atoms with Crippen molar-refractivity contribution in [3.05, 3.63) is 29.8 Å². The highest BCUT2D eigenvalue weighted by molar-refractivity contribution is 6.07. The first-order valence-electron chi connectivity index (χ1n) is 7.34. The smallest absolute Gasteiger partial charge is 0.235 e. The number of carbonyl (C=O) groups is 1. The molecular weight excluding hydrogens is 234 g/mol. The number of hydrogen-bond acceptors (Lipinski definition) is 1. The van der Waals surface area contributed by atoms with Crippen molar-refractivity contribution in [2.45, 2.75) is 45.4 Å². The largest absolute Gasteiger partial charge is 0.325 e. The predicted molar refractivity (Wildman–Crippen MR) is 76.0 cm³/mol. The minimum absolute atomic E-state index is 0.0847. The molecule has 1 spiro atoms. The summed E-state index contributed by atoms with van der Waals surface area (Å²) in [5.74, 6) is 0.917. The van der Waals surface area contributed by atoms with E-state index in [0.717, 1.165) is 12.1 Å². The van der Waals surface area contributed by atoms with Crippen LogP contribution < -0.4 is 5.32 Å². The van der Waals surface area contributed by atoms with E-state index in [-0.39, 0.29) is 22.2 Å². The van der Waals surface area contributed by atoms with Crippen molar-refractivity contribution in [1.82, 2.24) is 0 Å². The summed E-state index contributed by atoms with van der Waals surface area (Å²) in [6.45, 7) is 7.09. The zero-order valence-corrected chi connectivity index (χ0v) is 11.9. The second-order valence-electron chi connectivity index (χ2n) is 7.40. The minimum atomic E-state index is -0.282. The van der Waals surface area contributed by atoms with Gasteiger partial charge in [-0.05, 0) is 47.6 Å². The normalized spacial score (nSPS) is 41.6. The summed E-state index contributed by atoms with van der Waals surface area (Å²) < 4.78 is 0. The average Bonchev–Trinajstić information content (AvgIpc) is 2.84. The molecule has 2 fully saturated rings. The highest BCUT2D eigenvalue weighted by Gasteiger charge is 2.73. The number of fused-ring (bicyclic) bond motifs is 5. The van der Waals surface area contributed by atoms with E-state index in [9.17, 15) is 4.79 Å². The molecule has 2 heteroatoms. The molecule has 3 atom stereocenters. The van der Waals surface area contributed by atoms with Gasteiger partial charge in [0.15, 0.2) is 0 Å². The van der Waals surface area contributed by atoms with E-state index in [4.69, 9.17) is 0 Å². The molecular formula is C17H21NO. The molecule has 100 valence electrons. The Bertz CT molecular complexity index is 591. The van der Waals surface area contributed by atoms with Crippen LogP contribution in [0.4, 0.5) is 5.69 Å². The third-order valence-electron chi connectivity index (χ3n) is 6.95. The molecule has 1 amide bonds. The molecule has 0 aromatic heterocycles. The fourth-order valence-electron chi connectivity index (χ4n) is 5.38. The molecule has 2 bridgehead atoms. The van der Waals surface area contributed by atoms with Crippen LogP contribution in [0.1, 0.15) is 45.6 Å². The van der Waals surface area contributed by atoms with Gasteiger partial charge in [-0.1, -0.05) is 39.0 Å². The van der Waals surface area contributed by atoms with Crippen molar-refractivity contribution in [1.29, 1.82) is 0 Å². The van der Waals surface area contributed by atoms with Crippen molar-refractivity contribution >= 4 is 11.6 Å². The van der Waals surface area contributed by atoms with Crippen LogP contribution >= 0.6 is 0 Å². The summed E-state index contributed by atoms with van der Waals surface area (Å²) in [6, 6.07) is 8.29. The van der Waals surface area contributed by atoms with Gasteiger partial charge in [-0.25, -0.2) is 0 Å². The van der Waals surface area contributed by atoms with Gasteiger partial charge in [0, 0.05) is 5.69 Å². The predicted octanol–water partition coefficient (Wildman–Crippen LogP) is 3.72. The number of benzene rings is 1. The summed E-state index contributed by atoms with van der Waals surface area (Å²) in [7, 11) is 0.